The van der Waals surface area contributed by atoms with Crippen LogP contribution < -0.4 is 4.74 Å². The summed E-state index contributed by atoms with van der Waals surface area (Å²) < 4.78 is 16.5. The largest absolute Gasteiger partial charge is 0.493 e. The molecule has 0 N–H and O–H groups in total. The normalized spacial score (nSPS) is 29.8. The van der Waals surface area contributed by atoms with Gasteiger partial charge in [0.1, 0.15) is 5.75 Å². The number of benzene rings is 1. The lowest BCUT2D eigenvalue weighted by molar-refractivity contribution is -0.154. The van der Waals surface area contributed by atoms with Crippen LogP contribution in [0.1, 0.15) is 57.8 Å². The van der Waals surface area contributed by atoms with E-state index >= 15 is 0 Å². The molecule has 1 aromatic heterocycles. The van der Waals surface area contributed by atoms with Crippen LogP contribution in [0.4, 0.5) is 0 Å². The Bertz CT molecular complexity index is 855. The summed E-state index contributed by atoms with van der Waals surface area (Å²) in [6, 6.07) is 7.57. The summed E-state index contributed by atoms with van der Waals surface area (Å²) in [7, 11) is 0. The van der Waals surface area contributed by atoms with Crippen molar-refractivity contribution in [3.63, 3.8) is 0 Å². The summed E-state index contributed by atoms with van der Waals surface area (Å²) in [5.74, 6) is 3.82. The van der Waals surface area contributed by atoms with Crippen LogP contribution in [0, 0.1) is 23.2 Å². The van der Waals surface area contributed by atoms with E-state index in [0.29, 0.717) is 30.5 Å². The highest BCUT2D eigenvalue weighted by atomic mass is 16.6. The molecule has 4 fully saturated rings. The summed E-state index contributed by atoms with van der Waals surface area (Å²) in [6.07, 6.45) is 8.27. The van der Waals surface area contributed by atoms with Gasteiger partial charge in [-0.25, -0.2) is 0 Å². The highest BCUT2D eigenvalue weighted by Gasteiger charge is 2.51. The Morgan fingerprint density at radius 1 is 1.14 bits per heavy atom. The van der Waals surface area contributed by atoms with Crippen LogP contribution >= 0.6 is 0 Å². The molecule has 0 spiro atoms. The Morgan fingerprint density at radius 2 is 1.83 bits per heavy atom. The third-order valence-corrected chi connectivity index (χ3v) is 6.94. The van der Waals surface area contributed by atoms with E-state index in [1.54, 1.807) is 0 Å². The molecular weight excluding hydrogens is 368 g/mol. The average Bonchev–Trinajstić information content (AvgIpc) is 3.14. The predicted molar refractivity (Wildman–Crippen MR) is 106 cm³/mol. The number of nitrogens with zero attached hydrogens (tertiary/aromatic N) is 2. The fraction of sp³-hybridized carbons (Fsp3) is 0.609. The summed E-state index contributed by atoms with van der Waals surface area (Å²) in [5.41, 5.74) is 0.951. The van der Waals surface area contributed by atoms with Gasteiger partial charge in [-0.1, -0.05) is 17.3 Å². The zero-order chi connectivity index (χ0) is 19.8. The number of aromatic nitrogens is 2. The Morgan fingerprint density at radius 3 is 2.52 bits per heavy atom. The van der Waals surface area contributed by atoms with Crippen molar-refractivity contribution < 1.29 is 18.8 Å². The lowest BCUT2D eigenvalue weighted by Crippen LogP contribution is -2.47. The molecule has 6 rings (SSSR count). The Labute approximate surface area is 171 Å². The molecule has 1 heterocycles. The van der Waals surface area contributed by atoms with Crippen LogP contribution in [0.15, 0.2) is 28.8 Å². The van der Waals surface area contributed by atoms with Gasteiger partial charge in [0.2, 0.25) is 5.82 Å². The van der Waals surface area contributed by atoms with Crippen molar-refractivity contribution in [3.05, 3.63) is 30.2 Å². The first-order valence-electron chi connectivity index (χ1n) is 10.8. The lowest BCUT2D eigenvalue weighted by Gasteiger charge is -2.56. The quantitative estimate of drug-likeness (QED) is 0.627. The molecule has 4 bridgehead atoms. The lowest BCUT2D eigenvalue weighted by atomic mass is 9.49. The zero-order valence-corrected chi connectivity index (χ0v) is 16.9. The van der Waals surface area contributed by atoms with Gasteiger partial charge >= 0.3 is 5.97 Å². The molecule has 6 nitrogen and oxygen atoms in total. The third-order valence-electron chi connectivity index (χ3n) is 6.94. The Balaban J connectivity index is 1.20. The van der Waals surface area contributed by atoms with Crippen LogP contribution in [0.25, 0.3) is 11.4 Å². The predicted octanol–water partition coefficient (Wildman–Crippen LogP) is 4.79. The van der Waals surface area contributed by atoms with Gasteiger partial charge in [0.25, 0.3) is 5.89 Å². The maximum absolute atomic E-state index is 12.6. The number of carbonyl (C=O) groups excluding carboxylic acids is 1. The molecule has 2 aromatic rings. The minimum Gasteiger partial charge on any atom is -0.493 e. The van der Waals surface area contributed by atoms with Crippen molar-refractivity contribution in [2.75, 3.05) is 6.61 Å². The van der Waals surface area contributed by atoms with Gasteiger partial charge in [-0.3, -0.25) is 4.79 Å². The number of hydrogen-bond donors (Lipinski definition) is 0. The first kappa shape index (κ1) is 18.6. The van der Waals surface area contributed by atoms with E-state index in [9.17, 15) is 4.79 Å². The number of para-hydroxylation sites is 1. The summed E-state index contributed by atoms with van der Waals surface area (Å²) >= 11 is 0. The molecule has 29 heavy (non-hydrogen) atoms. The second-order valence-electron chi connectivity index (χ2n) is 9.20. The second-order valence-corrected chi connectivity index (χ2v) is 9.20. The minimum atomic E-state index is -0.138. The van der Waals surface area contributed by atoms with Gasteiger partial charge in [-0.2, -0.15) is 4.98 Å². The van der Waals surface area contributed by atoms with Crippen molar-refractivity contribution in [1.29, 1.82) is 0 Å². The number of ether oxygens (including phenoxy) is 2. The molecule has 0 amide bonds. The SMILES string of the molecule is CCOc1ccccc1-c1noc(COC(=O)CC23CC4CC(CC(C4)C2)C3)n1. The van der Waals surface area contributed by atoms with Crippen molar-refractivity contribution in [3.8, 4) is 17.1 Å². The number of rotatable bonds is 7. The van der Waals surface area contributed by atoms with Crippen LogP contribution in [0.5, 0.6) is 5.75 Å². The molecule has 1 aromatic carbocycles. The number of carbonyl (C=O) groups is 1. The van der Waals surface area contributed by atoms with Crippen LogP contribution in [-0.2, 0) is 16.1 Å². The molecule has 0 aliphatic heterocycles. The third kappa shape index (κ3) is 3.77. The van der Waals surface area contributed by atoms with E-state index in [1.165, 1.54) is 38.5 Å². The molecule has 0 atom stereocenters. The van der Waals surface area contributed by atoms with Gasteiger partial charge in [-0.05, 0) is 80.8 Å². The smallest absolute Gasteiger partial charge is 0.306 e. The van der Waals surface area contributed by atoms with E-state index in [2.05, 4.69) is 10.1 Å². The maximum atomic E-state index is 12.6. The summed E-state index contributed by atoms with van der Waals surface area (Å²) in [4.78, 5) is 17.0. The molecule has 4 aliphatic carbocycles. The number of hydrogen-bond acceptors (Lipinski definition) is 6. The number of esters is 1. The van der Waals surface area contributed by atoms with E-state index in [4.69, 9.17) is 14.0 Å². The van der Waals surface area contributed by atoms with E-state index in [1.807, 2.05) is 31.2 Å². The average molecular weight is 396 g/mol. The Hall–Kier alpha value is -2.37. The summed E-state index contributed by atoms with van der Waals surface area (Å²) in [6.45, 7) is 2.51. The van der Waals surface area contributed by atoms with Gasteiger partial charge in [0.05, 0.1) is 18.6 Å². The highest BCUT2D eigenvalue weighted by Crippen LogP contribution is 2.61. The molecule has 154 valence electrons. The Kier molecular flexibility index (Phi) is 4.80. The van der Waals surface area contributed by atoms with Gasteiger partial charge in [0, 0.05) is 0 Å². The molecule has 0 radical (unpaired) electrons. The molecule has 4 saturated carbocycles. The van der Waals surface area contributed by atoms with Crippen molar-refractivity contribution in [1.82, 2.24) is 10.1 Å². The van der Waals surface area contributed by atoms with Gasteiger partial charge < -0.3 is 14.0 Å². The van der Waals surface area contributed by atoms with E-state index in [-0.39, 0.29) is 18.0 Å². The van der Waals surface area contributed by atoms with E-state index < -0.39 is 0 Å². The first-order valence-corrected chi connectivity index (χ1v) is 10.8. The maximum Gasteiger partial charge on any atom is 0.306 e. The van der Waals surface area contributed by atoms with Crippen molar-refractivity contribution in [2.45, 2.75) is 58.5 Å². The van der Waals surface area contributed by atoms with Crippen molar-refractivity contribution in [2.24, 2.45) is 23.2 Å². The molecular formula is C23H28N2O4. The standard InChI is InChI=1S/C23H28N2O4/c1-2-27-19-6-4-3-5-18(19)22-24-20(29-25-22)14-28-21(26)13-23-10-15-7-16(11-23)9-17(8-15)12-23/h3-6,15-17H,2,7-14H2,1H3. The van der Waals surface area contributed by atoms with Gasteiger partial charge in [-0.15, -0.1) is 0 Å². The topological polar surface area (TPSA) is 74.5 Å². The zero-order valence-electron chi connectivity index (χ0n) is 16.9. The molecule has 0 unspecified atom stereocenters. The van der Waals surface area contributed by atoms with Crippen molar-refractivity contribution >= 4 is 5.97 Å². The van der Waals surface area contributed by atoms with Gasteiger partial charge in [0.15, 0.2) is 6.61 Å². The molecule has 4 aliphatic rings. The molecule has 6 heteroatoms. The van der Waals surface area contributed by atoms with Crippen LogP contribution in [0.3, 0.4) is 0 Å². The van der Waals surface area contributed by atoms with Crippen LogP contribution in [-0.4, -0.2) is 22.7 Å². The fourth-order valence-corrected chi connectivity index (χ4v) is 6.36. The molecule has 0 saturated heterocycles. The first-order chi connectivity index (χ1) is 14.1. The van der Waals surface area contributed by atoms with E-state index in [0.717, 1.165) is 23.3 Å². The highest BCUT2D eigenvalue weighted by molar-refractivity contribution is 5.70. The van der Waals surface area contributed by atoms with Crippen LogP contribution in [0.2, 0.25) is 0 Å². The second kappa shape index (κ2) is 7.47. The monoisotopic (exact) mass is 396 g/mol. The minimum absolute atomic E-state index is 0.0228. The fourth-order valence-electron chi connectivity index (χ4n) is 6.36. The summed E-state index contributed by atoms with van der Waals surface area (Å²) in [5, 5.41) is 4.03.